The third kappa shape index (κ3) is 0.598. The van der Waals surface area contributed by atoms with Crippen molar-refractivity contribution in [3.05, 3.63) is 0 Å². The fourth-order valence-electron chi connectivity index (χ4n) is 3.19. The Morgan fingerprint density at radius 3 is 2.67 bits per heavy atom. The lowest BCUT2D eigenvalue weighted by Crippen LogP contribution is -2.40. The van der Waals surface area contributed by atoms with E-state index in [1.807, 2.05) is 0 Å². The molecule has 3 fully saturated rings. The minimum atomic E-state index is -0.260. The van der Waals surface area contributed by atoms with Gasteiger partial charge in [-0.3, -0.25) is 4.79 Å². The maximum absolute atomic E-state index is 11.7. The van der Waals surface area contributed by atoms with E-state index in [4.69, 9.17) is 4.74 Å². The highest BCUT2D eigenvalue weighted by Crippen LogP contribution is 2.63. The Labute approximate surface area is 72.3 Å². The summed E-state index contributed by atoms with van der Waals surface area (Å²) in [5.74, 6) is 0.397. The van der Waals surface area contributed by atoms with E-state index in [9.17, 15) is 4.79 Å². The molecule has 1 saturated heterocycles. The van der Waals surface area contributed by atoms with E-state index in [1.54, 1.807) is 0 Å². The van der Waals surface area contributed by atoms with Gasteiger partial charge in [0.05, 0.1) is 0 Å². The van der Waals surface area contributed by atoms with Gasteiger partial charge in [0.15, 0.2) is 11.4 Å². The number of Topliss-reactive ketones (excluding diaryl/α,β-unsaturated/α-hetero) is 1. The molecule has 2 aliphatic carbocycles. The van der Waals surface area contributed by atoms with Gasteiger partial charge in [0, 0.05) is 6.42 Å². The van der Waals surface area contributed by atoms with Gasteiger partial charge in [-0.2, -0.15) is 0 Å². The van der Waals surface area contributed by atoms with Crippen molar-refractivity contribution in [1.29, 1.82) is 0 Å². The van der Waals surface area contributed by atoms with Gasteiger partial charge in [-0.05, 0) is 32.1 Å². The van der Waals surface area contributed by atoms with Crippen LogP contribution in [-0.4, -0.2) is 17.0 Å². The van der Waals surface area contributed by atoms with E-state index in [0.717, 1.165) is 32.1 Å². The Hall–Kier alpha value is -0.370. The molecule has 0 amide bonds. The molecule has 1 aliphatic heterocycles. The van der Waals surface area contributed by atoms with Crippen LogP contribution in [0.1, 0.15) is 44.9 Å². The van der Waals surface area contributed by atoms with Gasteiger partial charge in [0.2, 0.25) is 0 Å². The van der Waals surface area contributed by atoms with Gasteiger partial charge >= 0.3 is 0 Å². The first-order valence-electron chi connectivity index (χ1n) is 5.03. The molecule has 3 rings (SSSR count). The summed E-state index contributed by atoms with van der Waals surface area (Å²) in [6.07, 6.45) is 7.55. The summed E-state index contributed by atoms with van der Waals surface area (Å²) in [4.78, 5) is 11.7. The van der Waals surface area contributed by atoms with Crippen molar-refractivity contribution in [3.63, 3.8) is 0 Å². The molecule has 0 spiro atoms. The van der Waals surface area contributed by atoms with E-state index < -0.39 is 0 Å². The van der Waals surface area contributed by atoms with E-state index in [1.165, 1.54) is 12.8 Å². The molecule has 1 heterocycles. The Balaban J connectivity index is 1.97. The normalized spacial score (nSPS) is 51.2. The van der Waals surface area contributed by atoms with Crippen LogP contribution in [0, 0.1) is 0 Å². The molecule has 0 aromatic heterocycles. The molecule has 3 aliphatic rings. The lowest BCUT2D eigenvalue weighted by Gasteiger charge is -2.27. The summed E-state index contributed by atoms with van der Waals surface area (Å²) in [6.45, 7) is 0. The molecule has 2 atom stereocenters. The minimum absolute atomic E-state index is 0.0422. The lowest BCUT2D eigenvalue weighted by atomic mass is 9.76. The van der Waals surface area contributed by atoms with E-state index in [0.29, 0.717) is 5.78 Å². The molecule has 0 bridgehead atoms. The number of ether oxygens (including phenoxy) is 1. The third-order valence-electron chi connectivity index (χ3n) is 3.86. The zero-order valence-corrected chi connectivity index (χ0v) is 7.27. The van der Waals surface area contributed by atoms with Crippen molar-refractivity contribution in [3.8, 4) is 0 Å². The number of epoxide rings is 1. The molecule has 0 aromatic rings. The van der Waals surface area contributed by atoms with Gasteiger partial charge in [0.25, 0.3) is 0 Å². The van der Waals surface area contributed by atoms with Gasteiger partial charge in [0.1, 0.15) is 5.60 Å². The summed E-state index contributed by atoms with van der Waals surface area (Å²) in [6, 6.07) is 0. The summed E-state index contributed by atoms with van der Waals surface area (Å²) in [5, 5.41) is 0. The van der Waals surface area contributed by atoms with Gasteiger partial charge < -0.3 is 4.74 Å². The van der Waals surface area contributed by atoms with Crippen molar-refractivity contribution in [2.45, 2.75) is 56.1 Å². The van der Waals surface area contributed by atoms with Crippen LogP contribution in [0.3, 0.4) is 0 Å². The summed E-state index contributed by atoms with van der Waals surface area (Å²) in [7, 11) is 0. The predicted molar refractivity (Wildman–Crippen MR) is 43.9 cm³/mol. The number of carbonyl (C=O) groups excluding carboxylic acids is 1. The van der Waals surface area contributed by atoms with Crippen LogP contribution < -0.4 is 0 Å². The zero-order chi connectivity index (χ0) is 8.23. The van der Waals surface area contributed by atoms with E-state index >= 15 is 0 Å². The molecular weight excluding hydrogens is 153 g/mol. The second kappa shape index (κ2) is 1.92. The molecule has 2 nitrogen and oxygen atoms in total. The highest BCUT2D eigenvalue weighted by atomic mass is 16.6. The van der Waals surface area contributed by atoms with Crippen molar-refractivity contribution in [2.24, 2.45) is 0 Å². The quantitative estimate of drug-likeness (QED) is 0.407. The van der Waals surface area contributed by atoms with Crippen LogP contribution in [0.4, 0.5) is 0 Å². The van der Waals surface area contributed by atoms with Crippen molar-refractivity contribution >= 4 is 5.78 Å². The molecule has 0 unspecified atom stereocenters. The highest BCUT2D eigenvalue weighted by molar-refractivity contribution is 5.93. The Bertz CT molecular complexity index is 244. The Kier molecular flexibility index (Phi) is 1.13. The number of hydrogen-bond acceptors (Lipinski definition) is 2. The van der Waals surface area contributed by atoms with Crippen LogP contribution in [0.2, 0.25) is 0 Å². The number of hydrogen-bond donors (Lipinski definition) is 0. The maximum Gasteiger partial charge on any atom is 0.167 e. The largest absolute Gasteiger partial charge is 0.354 e. The molecule has 66 valence electrons. The molecule has 0 N–H and O–H groups in total. The molecule has 2 saturated carbocycles. The number of carbonyl (C=O) groups is 1. The fraction of sp³-hybridized carbons (Fsp3) is 0.900. The topological polar surface area (TPSA) is 29.6 Å². The van der Waals surface area contributed by atoms with Crippen molar-refractivity contribution in [1.82, 2.24) is 0 Å². The van der Waals surface area contributed by atoms with Crippen molar-refractivity contribution in [2.75, 3.05) is 0 Å². The van der Waals surface area contributed by atoms with Crippen LogP contribution in [-0.2, 0) is 9.53 Å². The second-order valence-electron chi connectivity index (χ2n) is 4.41. The van der Waals surface area contributed by atoms with Gasteiger partial charge in [-0.1, -0.05) is 6.42 Å². The zero-order valence-electron chi connectivity index (χ0n) is 7.27. The first-order chi connectivity index (χ1) is 5.79. The van der Waals surface area contributed by atoms with Crippen LogP contribution >= 0.6 is 0 Å². The predicted octanol–water partition coefficient (Wildman–Crippen LogP) is 1.82. The van der Waals surface area contributed by atoms with Gasteiger partial charge in [-0.25, -0.2) is 0 Å². The molecular formula is C10H14O2. The smallest absolute Gasteiger partial charge is 0.167 e. The number of ketones is 1. The Morgan fingerprint density at radius 1 is 1.08 bits per heavy atom. The first-order valence-corrected chi connectivity index (χ1v) is 5.03. The SMILES string of the molecule is O=[13C]1CCC[C@@]23CCCC[C@@]12O3. The summed E-state index contributed by atoms with van der Waals surface area (Å²) in [5.41, 5.74) is -0.218. The van der Waals surface area contributed by atoms with E-state index in [2.05, 4.69) is 0 Å². The average Bonchev–Trinajstić information content (AvgIpc) is 2.75. The molecule has 0 aromatic carbocycles. The third-order valence-corrected chi connectivity index (χ3v) is 3.86. The summed E-state index contributed by atoms with van der Waals surface area (Å²) >= 11 is 0. The second-order valence-corrected chi connectivity index (χ2v) is 4.41. The molecule has 12 heavy (non-hydrogen) atoms. The first kappa shape index (κ1) is 7.07. The molecule has 2 heteroatoms. The van der Waals surface area contributed by atoms with Crippen molar-refractivity contribution < 1.29 is 9.53 Å². The Morgan fingerprint density at radius 2 is 1.83 bits per heavy atom. The van der Waals surface area contributed by atoms with Crippen LogP contribution in [0.5, 0.6) is 0 Å². The molecule has 0 radical (unpaired) electrons. The fourth-order valence-corrected chi connectivity index (χ4v) is 3.19. The average molecular weight is 167 g/mol. The van der Waals surface area contributed by atoms with E-state index in [-0.39, 0.29) is 11.2 Å². The standard InChI is InChI=1S/C10H14O2/c11-8-4-3-6-9-5-1-2-7-10(8,9)12-9/h1-7H2/t9-,10+/m0/s1/i8+1. The maximum atomic E-state index is 11.7. The number of rotatable bonds is 0. The highest BCUT2D eigenvalue weighted by Gasteiger charge is 2.74. The minimum Gasteiger partial charge on any atom is -0.354 e. The van der Waals surface area contributed by atoms with Gasteiger partial charge in [-0.15, -0.1) is 0 Å². The van der Waals surface area contributed by atoms with Crippen LogP contribution in [0.15, 0.2) is 0 Å². The monoisotopic (exact) mass is 167 g/mol. The summed E-state index contributed by atoms with van der Waals surface area (Å²) < 4.78 is 5.78. The van der Waals surface area contributed by atoms with Crippen LogP contribution in [0.25, 0.3) is 0 Å². The lowest BCUT2D eigenvalue weighted by molar-refractivity contribution is -0.125.